The summed E-state index contributed by atoms with van der Waals surface area (Å²) >= 11 is 5.86. The molecule has 1 heterocycles. The Kier molecular flexibility index (Phi) is 4.59. The zero-order chi connectivity index (χ0) is 14.6. The summed E-state index contributed by atoms with van der Waals surface area (Å²) in [7, 11) is -1.97. The van der Waals surface area contributed by atoms with Gasteiger partial charge < -0.3 is 5.32 Å². The maximum absolute atomic E-state index is 12.2. The molecule has 0 amide bonds. The van der Waals surface area contributed by atoms with Gasteiger partial charge in [-0.3, -0.25) is 4.98 Å². The number of anilines is 1. The molecule has 0 unspecified atom stereocenters. The van der Waals surface area contributed by atoms with E-state index < -0.39 is 10.0 Å². The number of halogens is 1. The van der Waals surface area contributed by atoms with Gasteiger partial charge in [0, 0.05) is 31.0 Å². The number of rotatable bonds is 5. The Hall–Kier alpha value is -1.63. The van der Waals surface area contributed by atoms with Gasteiger partial charge >= 0.3 is 0 Å². The van der Waals surface area contributed by atoms with Crippen molar-refractivity contribution >= 4 is 27.3 Å². The molecule has 0 saturated carbocycles. The summed E-state index contributed by atoms with van der Waals surface area (Å²) in [6, 6.07) is 8.63. The lowest BCUT2D eigenvalue weighted by atomic mass is 10.2. The first-order valence-electron chi connectivity index (χ1n) is 5.89. The number of hydrogen-bond donors (Lipinski definition) is 2. The van der Waals surface area contributed by atoms with E-state index in [1.807, 2.05) is 0 Å². The zero-order valence-electron chi connectivity index (χ0n) is 10.8. The molecule has 0 bridgehead atoms. The third-order valence-corrected chi connectivity index (χ3v) is 4.36. The van der Waals surface area contributed by atoms with E-state index in [2.05, 4.69) is 15.0 Å². The van der Waals surface area contributed by atoms with Crippen LogP contribution in [0.25, 0.3) is 0 Å². The Bertz CT molecular complexity index is 704. The molecule has 0 radical (unpaired) electrons. The van der Waals surface area contributed by atoms with Gasteiger partial charge in [-0.1, -0.05) is 23.7 Å². The molecule has 0 aliphatic carbocycles. The number of benzene rings is 1. The van der Waals surface area contributed by atoms with Gasteiger partial charge in [-0.05, 0) is 23.8 Å². The number of hydrogen-bond acceptors (Lipinski definition) is 4. The minimum atomic E-state index is -3.63. The van der Waals surface area contributed by atoms with Gasteiger partial charge in [0.2, 0.25) is 10.0 Å². The SMILES string of the molecule is CNc1ccncc1S(=O)(=O)NCc1cccc(Cl)c1. The van der Waals surface area contributed by atoms with Crippen LogP contribution < -0.4 is 10.0 Å². The predicted octanol–water partition coefficient (Wildman–Crippen LogP) is 2.26. The molecule has 7 heteroatoms. The van der Waals surface area contributed by atoms with Crippen LogP contribution in [0.4, 0.5) is 5.69 Å². The first kappa shape index (κ1) is 14.8. The highest BCUT2D eigenvalue weighted by Crippen LogP contribution is 2.19. The minimum Gasteiger partial charge on any atom is -0.387 e. The Morgan fingerprint density at radius 1 is 1.30 bits per heavy atom. The maximum atomic E-state index is 12.2. The molecular formula is C13H14ClN3O2S. The molecule has 0 aliphatic heterocycles. The van der Waals surface area contributed by atoms with Gasteiger partial charge in [0.25, 0.3) is 0 Å². The smallest absolute Gasteiger partial charge is 0.244 e. The van der Waals surface area contributed by atoms with E-state index in [1.54, 1.807) is 37.4 Å². The molecule has 0 saturated heterocycles. The van der Waals surface area contributed by atoms with Gasteiger partial charge in [0.1, 0.15) is 4.90 Å². The quantitative estimate of drug-likeness (QED) is 0.888. The van der Waals surface area contributed by atoms with Crippen molar-refractivity contribution in [2.75, 3.05) is 12.4 Å². The molecule has 2 aromatic rings. The summed E-state index contributed by atoms with van der Waals surface area (Å²) in [5.41, 5.74) is 1.29. The second-order valence-corrected chi connectivity index (χ2v) is 6.25. The van der Waals surface area contributed by atoms with E-state index in [4.69, 9.17) is 11.6 Å². The van der Waals surface area contributed by atoms with Crippen LogP contribution in [0.2, 0.25) is 5.02 Å². The number of sulfonamides is 1. The third kappa shape index (κ3) is 3.47. The van der Waals surface area contributed by atoms with Crippen LogP contribution in [0.3, 0.4) is 0 Å². The van der Waals surface area contributed by atoms with E-state index >= 15 is 0 Å². The normalized spacial score (nSPS) is 11.3. The zero-order valence-corrected chi connectivity index (χ0v) is 12.4. The van der Waals surface area contributed by atoms with E-state index in [0.29, 0.717) is 10.7 Å². The van der Waals surface area contributed by atoms with Crippen molar-refractivity contribution in [1.29, 1.82) is 0 Å². The molecule has 2 rings (SSSR count). The Balaban J connectivity index is 2.19. The standard InChI is InChI=1S/C13H14ClN3O2S/c1-15-12-5-6-16-9-13(12)20(18,19)17-8-10-3-2-4-11(14)7-10/h2-7,9,17H,8H2,1H3,(H,15,16). The van der Waals surface area contributed by atoms with Gasteiger partial charge in [-0.25, -0.2) is 13.1 Å². The second-order valence-electron chi connectivity index (χ2n) is 4.08. The summed E-state index contributed by atoms with van der Waals surface area (Å²) in [5.74, 6) is 0. The largest absolute Gasteiger partial charge is 0.387 e. The second kappa shape index (κ2) is 6.21. The van der Waals surface area contributed by atoms with Crippen molar-refractivity contribution in [2.24, 2.45) is 0 Å². The molecule has 0 fully saturated rings. The Morgan fingerprint density at radius 3 is 2.80 bits per heavy atom. The van der Waals surface area contributed by atoms with E-state index in [0.717, 1.165) is 5.56 Å². The summed E-state index contributed by atoms with van der Waals surface area (Å²) in [6.07, 6.45) is 2.84. The molecule has 20 heavy (non-hydrogen) atoms. The molecule has 1 aromatic heterocycles. The van der Waals surface area contributed by atoms with Crippen molar-refractivity contribution in [3.8, 4) is 0 Å². The van der Waals surface area contributed by atoms with Crippen molar-refractivity contribution in [3.63, 3.8) is 0 Å². The summed E-state index contributed by atoms with van der Waals surface area (Å²) in [6.45, 7) is 0.168. The number of aromatic nitrogens is 1. The monoisotopic (exact) mass is 311 g/mol. The molecule has 0 aliphatic rings. The molecule has 0 atom stereocenters. The average Bonchev–Trinajstić information content (AvgIpc) is 2.45. The lowest BCUT2D eigenvalue weighted by molar-refractivity contribution is 0.581. The predicted molar refractivity (Wildman–Crippen MR) is 79.3 cm³/mol. The molecule has 1 aromatic carbocycles. The third-order valence-electron chi connectivity index (χ3n) is 2.70. The van der Waals surface area contributed by atoms with Crippen LogP contribution >= 0.6 is 11.6 Å². The topological polar surface area (TPSA) is 71.1 Å². The Labute approximate surface area is 123 Å². The van der Waals surface area contributed by atoms with E-state index in [9.17, 15) is 8.42 Å². The molecule has 0 spiro atoms. The lowest BCUT2D eigenvalue weighted by Crippen LogP contribution is -2.24. The fourth-order valence-corrected chi connectivity index (χ4v) is 3.09. The maximum Gasteiger partial charge on any atom is 0.244 e. The van der Waals surface area contributed by atoms with Crippen LogP contribution in [0.1, 0.15) is 5.56 Å². The van der Waals surface area contributed by atoms with Gasteiger partial charge in [-0.15, -0.1) is 0 Å². The van der Waals surface area contributed by atoms with Crippen molar-refractivity contribution in [1.82, 2.24) is 9.71 Å². The van der Waals surface area contributed by atoms with Crippen LogP contribution in [0.15, 0.2) is 47.6 Å². The van der Waals surface area contributed by atoms with Gasteiger partial charge in [0.15, 0.2) is 0 Å². The van der Waals surface area contributed by atoms with Gasteiger partial charge in [-0.2, -0.15) is 0 Å². The van der Waals surface area contributed by atoms with Crippen LogP contribution in [0, 0.1) is 0 Å². The fraction of sp³-hybridized carbons (Fsp3) is 0.154. The molecule has 5 nitrogen and oxygen atoms in total. The number of nitrogens with zero attached hydrogens (tertiary/aromatic N) is 1. The highest BCUT2D eigenvalue weighted by molar-refractivity contribution is 7.89. The van der Waals surface area contributed by atoms with E-state index in [1.165, 1.54) is 12.4 Å². The number of nitrogens with one attached hydrogen (secondary N) is 2. The fourth-order valence-electron chi connectivity index (χ4n) is 1.70. The lowest BCUT2D eigenvalue weighted by Gasteiger charge is -2.10. The van der Waals surface area contributed by atoms with Crippen LogP contribution in [-0.4, -0.2) is 20.4 Å². The first-order chi connectivity index (χ1) is 9.53. The van der Waals surface area contributed by atoms with E-state index in [-0.39, 0.29) is 11.4 Å². The highest BCUT2D eigenvalue weighted by Gasteiger charge is 2.17. The van der Waals surface area contributed by atoms with Crippen molar-refractivity contribution in [2.45, 2.75) is 11.4 Å². The summed E-state index contributed by atoms with van der Waals surface area (Å²) in [4.78, 5) is 3.96. The Morgan fingerprint density at radius 2 is 2.10 bits per heavy atom. The van der Waals surface area contributed by atoms with Crippen molar-refractivity contribution in [3.05, 3.63) is 53.3 Å². The first-order valence-corrected chi connectivity index (χ1v) is 7.75. The minimum absolute atomic E-state index is 0.115. The molecule has 106 valence electrons. The van der Waals surface area contributed by atoms with Crippen LogP contribution in [0.5, 0.6) is 0 Å². The average molecular weight is 312 g/mol. The number of pyridine rings is 1. The van der Waals surface area contributed by atoms with Crippen LogP contribution in [-0.2, 0) is 16.6 Å². The molecule has 2 N–H and O–H groups in total. The summed E-state index contributed by atoms with van der Waals surface area (Å²) in [5, 5.41) is 3.40. The van der Waals surface area contributed by atoms with Gasteiger partial charge in [0.05, 0.1) is 5.69 Å². The molecular weight excluding hydrogens is 298 g/mol. The summed E-state index contributed by atoms with van der Waals surface area (Å²) < 4.78 is 27.0. The highest BCUT2D eigenvalue weighted by atomic mass is 35.5. The van der Waals surface area contributed by atoms with Crippen molar-refractivity contribution < 1.29 is 8.42 Å².